The molecule has 2 nitrogen and oxygen atoms in total. The minimum Gasteiger partial charge on any atom is -0.367 e. The summed E-state index contributed by atoms with van der Waals surface area (Å²) in [6, 6.07) is 0. The quantitative estimate of drug-likeness (QED) is 0.143. The van der Waals surface area contributed by atoms with Crippen LogP contribution in [0.4, 0.5) is 0 Å². The van der Waals surface area contributed by atoms with E-state index in [9.17, 15) is 0 Å². The van der Waals surface area contributed by atoms with Crippen molar-refractivity contribution >= 4 is 0 Å². The summed E-state index contributed by atoms with van der Waals surface area (Å²) in [5, 5.41) is 0. The summed E-state index contributed by atoms with van der Waals surface area (Å²) in [5.74, 6) is 0. The second-order valence-corrected chi connectivity index (χ2v) is 11.4. The molecule has 0 saturated carbocycles. The molecule has 2 atom stereocenters. The van der Waals surface area contributed by atoms with Crippen LogP contribution < -0.4 is 0 Å². The zero-order chi connectivity index (χ0) is 23.8. The number of epoxide rings is 2. The Morgan fingerprint density at radius 3 is 1.12 bits per heavy atom. The fourth-order valence-corrected chi connectivity index (χ4v) is 4.36. The largest absolute Gasteiger partial charge is 0.367 e. The Morgan fingerprint density at radius 2 is 0.812 bits per heavy atom. The number of rotatable bonds is 15. The number of unbranched alkanes of at least 4 members (excludes halogenated alkanes) is 1. The Balaban J connectivity index is 1.52. The Bertz CT molecular complexity index is 655. The van der Waals surface area contributed by atoms with Crippen LogP contribution in [0.5, 0.6) is 0 Å². The molecule has 2 unspecified atom stereocenters. The summed E-state index contributed by atoms with van der Waals surface area (Å²) >= 11 is 0. The van der Waals surface area contributed by atoms with Crippen molar-refractivity contribution in [3.05, 3.63) is 46.6 Å². The Morgan fingerprint density at radius 1 is 0.531 bits per heavy atom. The molecule has 182 valence electrons. The van der Waals surface area contributed by atoms with E-state index in [1.807, 2.05) is 0 Å². The Labute approximate surface area is 199 Å². The van der Waals surface area contributed by atoms with Gasteiger partial charge in [-0.1, -0.05) is 46.6 Å². The third-order valence-corrected chi connectivity index (χ3v) is 7.15. The summed E-state index contributed by atoms with van der Waals surface area (Å²) in [6.07, 6.45) is 22.3. The Hall–Kier alpha value is -1.12. The van der Waals surface area contributed by atoms with Crippen molar-refractivity contribution in [2.45, 2.75) is 143 Å². The summed E-state index contributed by atoms with van der Waals surface area (Å²) in [7, 11) is 0. The van der Waals surface area contributed by atoms with Gasteiger partial charge < -0.3 is 9.47 Å². The highest BCUT2D eigenvalue weighted by Crippen LogP contribution is 2.39. The zero-order valence-electron chi connectivity index (χ0n) is 22.4. The maximum Gasteiger partial charge on any atom is 0.0892 e. The first-order valence-electron chi connectivity index (χ1n) is 13.0. The first kappa shape index (κ1) is 27.1. The summed E-state index contributed by atoms with van der Waals surface area (Å²) in [5.41, 5.74) is 6.32. The number of ether oxygens (including phenoxy) is 2. The second-order valence-electron chi connectivity index (χ2n) is 11.4. The molecule has 0 N–H and O–H groups in total. The van der Waals surface area contributed by atoms with Gasteiger partial charge in [0.05, 0.1) is 23.4 Å². The molecule has 0 spiro atoms. The first-order chi connectivity index (χ1) is 15.0. The Kier molecular flexibility index (Phi) is 10.5. The van der Waals surface area contributed by atoms with Gasteiger partial charge in [0.1, 0.15) is 0 Å². The van der Waals surface area contributed by atoms with Gasteiger partial charge in [-0.3, -0.25) is 0 Å². The molecule has 2 saturated heterocycles. The number of hydrogen-bond donors (Lipinski definition) is 0. The lowest BCUT2D eigenvalue weighted by atomic mass is 10.0. The molecule has 0 aromatic heterocycles. The molecule has 0 aromatic carbocycles. The minimum absolute atomic E-state index is 0.130. The average Bonchev–Trinajstić information content (AvgIpc) is 3.54. The van der Waals surface area contributed by atoms with Crippen molar-refractivity contribution in [1.82, 2.24) is 0 Å². The highest BCUT2D eigenvalue weighted by atomic mass is 16.6. The monoisotopic (exact) mass is 442 g/mol. The third kappa shape index (κ3) is 10.7. The predicted molar refractivity (Wildman–Crippen MR) is 139 cm³/mol. The van der Waals surface area contributed by atoms with Gasteiger partial charge in [-0.25, -0.2) is 0 Å². The van der Waals surface area contributed by atoms with E-state index in [2.05, 4.69) is 79.7 Å². The maximum atomic E-state index is 5.68. The van der Waals surface area contributed by atoms with E-state index >= 15 is 0 Å². The SMILES string of the molecule is C/C(=C/CC/C=C(/C)CC/C=C(/C)CCC1OC1(C)C)CC/C=C(/C)CCC1OC1(C)C. The zero-order valence-corrected chi connectivity index (χ0v) is 22.4. The lowest BCUT2D eigenvalue weighted by Gasteiger charge is -2.03. The van der Waals surface area contributed by atoms with Crippen LogP contribution in [0.15, 0.2) is 46.6 Å². The standard InChI is InChI=1S/C30H50O2/c1-23(15-11-17-25(3)19-21-27-29(5,6)31-27)13-9-10-14-24(2)16-12-18-26(4)20-22-28-30(7,8)32-28/h13-14,17-18,27-28H,9-12,15-16,19-22H2,1-8H3/b23-13-,24-14-,25-17-,26-18-. The summed E-state index contributed by atoms with van der Waals surface area (Å²) < 4.78 is 11.4. The average molecular weight is 443 g/mol. The number of allylic oxidation sites excluding steroid dienone is 8. The molecule has 2 fully saturated rings. The van der Waals surface area contributed by atoms with Crippen molar-refractivity contribution in [3.63, 3.8) is 0 Å². The van der Waals surface area contributed by atoms with E-state index in [0.717, 1.165) is 25.7 Å². The van der Waals surface area contributed by atoms with Crippen molar-refractivity contribution in [1.29, 1.82) is 0 Å². The van der Waals surface area contributed by atoms with Crippen molar-refractivity contribution in [3.8, 4) is 0 Å². The molecule has 32 heavy (non-hydrogen) atoms. The van der Waals surface area contributed by atoms with Crippen molar-refractivity contribution in [2.24, 2.45) is 0 Å². The van der Waals surface area contributed by atoms with Gasteiger partial charge in [-0.2, -0.15) is 0 Å². The molecule has 0 amide bonds. The van der Waals surface area contributed by atoms with Gasteiger partial charge in [0.25, 0.3) is 0 Å². The molecule has 2 aliphatic rings. The normalized spacial score (nSPS) is 25.2. The van der Waals surface area contributed by atoms with E-state index in [-0.39, 0.29) is 11.2 Å². The molecule has 0 aliphatic carbocycles. The molecular weight excluding hydrogens is 392 g/mol. The molecule has 2 rings (SSSR count). The van der Waals surface area contributed by atoms with Crippen molar-refractivity contribution in [2.75, 3.05) is 0 Å². The predicted octanol–water partition coefficient (Wildman–Crippen LogP) is 9.03. The lowest BCUT2D eigenvalue weighted by molar-refractivity contribution is 0.319. The second kappa shape index (κ2) is 12.4. The highest BCUT2D eigenvalue weighted by molar-refractivity contribution is 5.08. The van der Waals surface area contributed by atoms with Crippen LogP contribution in [0.3, 0.4) is 0 Å². The fourth-order valence-electron chi connectivity index (χ4n) is 4.36. The van der Waals surface area contributed by atoms with Gasteiger partial charge in [0.2, 0.25) is 0 Å². The molecule has 0 aromatic rings. The van der Waals surface area contributed by atoms with E-state index in [0.29, 0.717) is 12.2 Å². The third-order valence-electron chi connectivity index (χ3n) is 7.15. The fraction of sp³-hybridized carbons (Fsp3) is 0.733. The van der Waals surface area contributed by atoms with Gasteiger partial charge in [-0.05, 0) is 120 Å². The summed E-state index contributed by atoms with van der Waals surface area (Å²) in [4.78, 5) is 0. The van der Waals surface area contributed by atoms with Crippen LogP contribution in [0, 0.1) is 0 Å². The van der Waals surface area contributed by atoms with E-state index in [4.69, 9.17) is 9.47 Å². The molecule has 0 radical (unpaired) electrons. The summed E-state index contributed by atoms with van der Waals surface area (Å²) in [6.45, 7) is 17.8. The van der Waals surface area contributed by atoms with Gasteiger partial charge in [0.15, 0.2) is 0 Å². The smallest absolute Gasteiger partial charge is 0.0892 e. The van der Waals surface area contributed by atoms with Crippen LogP contribution in [0.1, 0.15) is 120 Å². The molecule has 0 bridgehead atoms. The van der Waals surface area contributed by atoms with Crippen molar-refractivity contribution < 1.29 is 9.47 Å². The van der Waals surface area contributed by atoms with Crippen LogP contribution >= 0.6 is 0 Å². The molecular formula is C30H50O2. The van der Waals surface area contributed by atoms with E-state index in [1.165, 1.54) is 60.8 Å². The maximum absolute atomic E-state index is 5.68. The van der Waals surface area contributed by atoms with Gasteiger partial charge in [-0.15, -0.1) is 0 Å². The van der Waals surface area contributed by atoms with Gasteiger partial charge >= 0.3 is 0 Å². The lowest BCUT2D eigenvalue weighted by Crippen LogP contribution is -2.02. The first-order valence-corrected chi connectivity index (χ1v) is 13.0. The minimum atomic E-state index is 0.130. The number of hydrogen-bond acceptors (Lipinski definition) is 2. The molecule has 2 aliphatic heterocycles. The van der Waals surface area contributed by atoms with E-state index < -0.39 is 0 Å². The van der Waals surface area contributed by atoms with Crippen LogP contribution in [0.2, 0.25) is 0 Å². The van der Waals surface area contributed by atoms with E-state index in [1.54, 1.807) is 0 Å². The molecule has 2 heterocycles. The topological polar surface area (TPSA) is 25.1 Å². The van der Waals surface area contributed by atoms with Crippen LogP contribution in [-0.2, 0) is 9.47 Å². The van der Waals surface area contributed by atoms with Gasteiger partial charge in [0, 0.05) is 0 Å². The highest BCUT2D eigenvalue weighted by Gasteiger charge is 2.47. The molecule has 2 heteroatoms. The van der Waals surface area contributed by atoms with Crippen LogP contribution in [0.25, 0.3) is 0 Å². The van der Waals surface area contributed by atoms with Crippen LogP contribution in [-0.4, -0.2) is 23.4 Å².